The van der Waals surface area contributed by atoms with Crippen molar-refractivity contribution < 1.29 is 24.0 Å². The second-order valence-corrected chi connectivity index (χ2v) is 7.18. The summed E-state index contributed by atoms with van der Waals surface area (Å²) in [6.45, 7) is 1.14. The van der Waals surface area contributed by atoms with Crippen LogP contribution in [0.4, 0.5) is 5.00 Å². The Bertz CT molecular complexity index is 640. The maximum absolute atomic E-state index is 12.1. The number of esters is 1. The predicted molar refractivity (Wildman–Crippen MR) is 91.6 cm³/mol. The molecule has 0 bridgehead atoms. The molecule has 0 aromatic carbocycles. The minimum atomic E-state index is -0.757. The Kier molecular flexibility index (Phi) is 6.33. The molecule has 3 N–H and O–H groups in total. The minimum absolute atomic E-state index is 0.399. The van der Waals surface area contributed by atoms with Gasteiger partial charge in [-0.2, -0.15) is 0 Å². The summed E-state index contributed by atoms with van der Waals surface area (Å²) in [6, 6.07) is 0. The summed E-state index contributed by atoms with van der Waals surface area (Å²) in [5, 5.41) is 5.57. The highest BCUT2D eigenvalue weighted by atomic mass is 32.1. The van der Waals surface area contributed by atoms with Crippen molar-refractivity contribution in [1.29, 1.82) is 0 Å². The monoisotopic (exact) mass is 354 g/mol. The largest absolute Gasteiger partial charge is 0.465 e. The number of ether oxygens (including phenoxy) is 1. The first-order valence-electron chi connectivity index (χ1n) is 8.05. The van der Waals surface area contributed by atoms with E-state index in [4.69, 9.17) is 4.74 Å². The van der Waals surface area contributed by atoms with Crippen LogP contribution in [0.3, 0.4) is 0 Å². The minimum Gasteiger partial charge on any atom is -0.465 e. The van der Waals surface area contributed by atoms with Crippen LogP contribution in [0.25, 0.3) is 0 Å². The Morgan fingerprint density at radius 2 is 1.88 bits per heavy atom. The van der Waals surface area contributed by atoms with Gasteiger partial charge in [0.2, 0.25) is 0 Å². The molecule has 1 aromatic heterocycles. The molecule has 0 unspecified atom stereocenters. The molecule has 0 saturated heterocycles. The lowest BCUT2D eigenvalue weighted by molar-refractivity contribution is -0.856. The molecule has 0 radical (unpaired) electrons. The fourth-order valence-corrected chi connectivity index (χ4v) is 3.91. The van der Waals surface area contributed by atoms with Crippen LogP contribution in [0.2, 0.25) is 0 Å². The summed E-state index contributed by atoms with van der Waals surface area (Å²) in [7, 11) is 5.24. The second kappa shape index (κ2) is 8.25. The molecule has 1 aliphatic carbocycles. The summed E-state index contributed by atoms with van der Waals surface area (Å²) in [6.07, 6.45) is 3.75. The van der Waals surface area contributed by atoms with Crippen molar-refractivity contribution in [3.05, 3.63) is 16.0 Å². The van der Waals surface area contributed by atoms with Gasteiger partial charge in [0.1, 0.15) is 5.00 Å². The third-order valence-corrected chi connectivity index (χ3v) is 5.11. The van der Waals surface area contributed by atoms with E-state index < -0.39 is 17.8 Å². The van der Waals surface area contributed by atoms with E-state index >= 15 is 0 Å². The number of amides is 2. The molecule has 1 heterocycles. The fourth-order valence-electron chi connectivity index (χ4n) is 2.64. The van der Waals surface area contributed by atoms with Crippen molar-refractivity contribution in [1.82, 2.24) is 5.32 Å². The first kappa shape index (κ1) is 18.4. The summed E-state index contributed by atoms with van der Waals surface area (Å²) in [4.78, 5) is 38.3. The van der Waals surface area contributed by atoms with Gasteiger partial charge in [-0.15, -0.1) is 11.3 Å². The first-order valence-corrected chi connectivity index (χ1v) is 8.86. The number of thiophene rings is 1. The number of aryl methyl sites for hydroxylation is 1. The molecular formula is C16H24N3O4S+. The Morgan fingerprint density at radius 1 is 1.17 bits per heavy atom. The summed E-state index contributed by atoms with van der Waals surface area (Å²) in [5.74, 6) is -1.92. The number of methoxy groups -OCH3 is 1. The molecule has 24 heavy (non-hydrogen) atoms. The van der Waals surface area contributed by atoms with Gasteiger partial charge in [-0.05, 0) is 31.2 Å². The van der Waals surface area contributed by atoms with Crippen molar-refractivity contribution in [2.75, 3.05) is 39.6 Å². The molecule has 8 heteroatoms. The van der Waals surface area contributed by atoms with Gasteiger partial charge >= 0.3 is 17.8 Å². The molecule has 0 fully saturated rings. The zero-order valence-corrected chi connectivity index (χ0v) is 15.1. The summed E-state index contributed by atoms with van der Waals surface area (Å²) >= 11 is 1.36. The number of quaternary nitrogens is 1. The quantitative estimate of drug-likeness (QED) is 0.496. The van der Waals surface area contributed by atoms with Crippen LogP contribution in [0.15, 0.2) is 0 Å². The third kappa shape index (κ3) is 4.33. The number of likely N-dealkylation sites (N-methyl/N-ethyl adjacent to an activating group) is 1. The van der Waals surface area contributed by atoms with Crippen LogP contribution in [0, 0.1) is 0 Å². The molecule has 0 saturated carbocycles. The van der Waals surface area contributed by atoms with Crippen LogP contribution >= 0.6 is 11.3 Å². The van der Waals surface area contributed by atoms with E-state index in [1.54, 1.807) is 0 Å². The zero-order valence-electron chi connectivity index (χ0n) is 14.3. The van der Waals surface area contributed by atoms with E-state index in [1.165, 1.54) is 23.3 Å². The molecule has 2 amide bonds. The lowest BCUT2D eigenvalue weighted by Gasteiger charge is -2.11. The van der Waals surface area contributed by atoms with E-state index in [0.29, 0.717) is 17.1 Å². The van der Waals surface area contributed by atoms with Crippen molar-refractivity contribution in [2.45, 2.75) is 25.7 Å². The predicted octanol–water partition coefficient (Wildman–Crippen LogP) is -0.387. The number of hydrogen-bond donors (Lipinski definition) is 3. The third-order valence-electron chi connectivity index (χ3n) is 3.90. The average molecular weight is 354 g/mol. The Balaban J connectivity index is 2.11. The number of carbonyl (C=O) groups excluding carboxylic acids is 3. The normalized spacial score (nSPS) is 13.3. The van der Waals surface area contributed by atoms with E-state index in [-0.39, 0.29) is 0 Å². The highest BCUT2D eigenvalue weighted by Crippen LogP contribution is 2.38. The maximum Gasteiger partial charge on any atom is 0.341 e. The number of nitrogens with one attached hydrogen (secondary N) is 3. The van der Waals surface area contributed by atoms with Crippen LogP contribution in [0.5, 0.6) is 0 Å². The van der Waals surface area contributed by atoms with Crippen LogP contribution in [0.1, 0.15) is 33.6 Å². The lowest BCUT2D eigenvalue weighted by Crippen LogP contribution is -3.06. The molecule has 0 atom stereocenters. The van der Waals surface area contributed by atoms with Crippen LogP contribution < -0.4 is 15.5 Å². The van der Waals surface area contributed by atoms with Crippen LogP contribution in [-0.2, 0) is 27.2 Å². The maximum atomic E-state index is 12.1. The topological polar surface area (TPSA) is 88.9 Å². The molecule has 2 rings (SSSR count). The second-order valence-electron chi connectivity index (χ2n) is 6.07. The van der Waals surface area contributed by atoms with Gasteiger partial charge in [-0.25, -0.2) is 4.79 Å². The van der Waals surface area contributed by atoms with E-state index in [9.17, 15) is 14.4 Å². The Labute approximate surface area is 145 Å². The van der Waals surface area contributed by atoms with Gasteiger partial charge in [-0.1, -0.05) is 0 Å². The van der Waals surface area contributed by atoms with Gasteiger partial charge in [0.25, 0.3) is 0 Å². The van der Waals surface area contributed by atoms with Gasteiger partial charge in [0, 0.05) is 4.88 Å². The molecule has 1 aliphatic rings. The van der Waals surface area contributed by atoms with Crippen molar-refractivity contribution >= 4 is 34.1 Å². The fraction of sp³-hybridized carbons (Fsp3) is 0.562. The highest BCUT2D eigenvalue weighted by molar-refractivity contribution is 7.17. The highest BCUT2D eigenvalue weighted by Gasteiger charge is 2.28. The number of rotatable bonds is 5. The van der Waals surface area contributed by atoms with E-state index in [1.807, 2.05) is 14.1 Å². The molecule has 0 spiro atoms. The smallest absolute Gasteiger partial charge is 0.341 e. The number of anilines is 1. The van der Waals surface area contributed by atoms with E-state index in [2.05, 4.69) is 10.6 Å². The lowest BCUT2D eigenvalue weighted by atomic mass is 9.95. The van der Waals surface area contributed by atoms with Crippen LogP contribution in [-0.4, -0.2) is 52.1 Å². The Hall–Kier alpha value is -1.93. The van der Waals surface area contributed by atoms with Gasteiger partial charge in [0.15, 0.2) is 0 Å². The summed E-state index contributed by atoms with van der Waals surface area (Å²) in [5.41, 5.74) is 1.35. The van der Waals surface area contributed by atoms with Gasteiger partial charge in [-0.3, -0.25) is 9.59 Å². The number of fused-ring (bicyclic) bond motifs is 1. The van der Waals surface area contributed by atoms with Gasteiger partial charge < -0.3 is 20.3 Å². The molecule has 132 valence electrons. The summed E-state index contributed by atoms with van der Waals surface area (Å²) < 4.78 is 4.85. The van der Waals surface area contributed by atoms with Gasteiger partial charge in [0.05, 0.1) is 39.9 Å². The van der Waals surface area contributed by atoms with Crippen molar-refractivity contribution in [3.8, 4) is 0 Å². The average Bonchev–Trinajstić information content (AvgIpc) is 2.91. The molecule has 0 aliphatic heterocycles. The molecular weight excluding hydrogens is 330 g/mol. The number of carbonyl (C=O) groups is 3. The van der Waals surface area contributed by atoms with E-state index in [0.717, 1.165) is 42.7 Å². The molecule has 1 aromatic rings. The molecule has 7 nitrogen and oxygen atoms in total. The van der Waals surface area contributed by atoms with Crippen molar-refractivity contribution in [3.63, 3.8) is 0 Å². The number of hydrogen-bond acceptors (Lipinski definition) is 5. The first-order chi connectivity index (χ1) is 11.4. The SMILES string of the molecule is COC(=O)c1c(NC(=O)C(=O)NCC[NH+](C)C)sc2c1CCCC2. The Morgan fingerprint density at radius 3 is 2.54 bits per heavy atom. The van der Waals surface area contributed by atoms with Crippen molar-refractivity contribution in [2.24, 2.45) is 0 Å². The standard InChI is InChI=1S/C16H23N3O4S/c1-19(2)9-8-17-13(20)14(21)18-15-12(16(22)23-3)10-6-4-5-7-11(10)24-15/h4-9H2,1-3H3,(H,17,20)(H,18,21)/p+1. The zero-order chi connectivity index (χ0) is 17.7.